The van der Waals surface area contributed by atoms with Gasteiger partial charge in [-0.2, -0.15) is 0 Å². The van der Waals surface area contributed by atoms with Crippen LogP contribution in [0.15, 0.2) is 42.5 Å². The van der Waals surface area contributed by atoms with E-state index in [0.29, 0.717) is 5.56 Å². The molecular formula is C16H19FN2. The molecule has 3 heteroatoms. The second kappa shape index (κ2) is 5.41. The number of para-hydroxylation sites is 1. The predicted octanol–water partition coefficient (Wildman–Crippen LogP) is 3.58. The molecule has 0 heterocycles. The van der Waals surface area contributed by atoms with Crippen LogP contribution in [-0.4, -0.2) is 14.1 Å². The molecule has 1 unspecified atom stereocenters. The summed E-state index contributed by atoms with van der Waals surface area (Å²) in [7, 11) is 3.90. The summed E-state index contributed by atoms with van der Waals surface area (Å²) >= 11 is 0. The molecule has 0 amide bonds. The van der Waals surface area contributed by atoms with Crippen molar-refractivity contribution in [1.82, 2.24) is 0 Å². The van der Waals surface area contributed by atoms with E-state index in [0.717, 1.165) is 16.8 Å². The molecule has 2 rings (SSSR count). The summed E-state index contributed by atoms with van der Waals surface area (Å²) in [4.78, 5) is 1.98. The van der Waals surface area contributed by atoms with Crippen LogP contribution in [0, 0.1) is 5.82 Å². The number of nitrogens with two attached hydrogens (primary N) is 1. The van der Waals surface area contributed by atoms with Gasteiger partial charge in [0.15, 0.2) is 0 Å². The van der Waals surface area contributed by atoms with Crippen molar-refractivity contribution in [3.8, 4) is 11.1 Å². The van der Waals surface area contributed by atoms with Crippen LogP contribution in [0.3, 0.4) is 0 Å². The maximum atomic E-state index is 14.1. The molecule has 0 aromatic heterocycles. The molecular weight excluding hydrogens is 239 g/mol. The minimum absolute atomic E-state index is 0.106. The number of hydrogen-bond acceptors (Lipinski definition) is 2. The fraction of sp³-hybridized carbons (Fsp3) is 0.250. The fourth-order valence-electron chi connectivity index (χ4n) is 2.12. The SMILES string of the molecule is CC(N)c1ccc(F)c(-c2ccccc2N(C)C)c1. The van der Waals surface area contributed by atoms with Gasteiger partial charge in [-0.15, -0.1) is 0 Å². The van der Waals surface area contributed by atoms with E-state index >= 15 is 0 Å². The lowest BCUT2D eigenvalue weighted by molar-refractivity contribution is 0.629. The molecule has 0 fully saturated rings. The number of halogens is 1. The van der Waals surface area contributed by atoms with Crippen molar-refractivity contribution in [2.24, 2.45) is 5.73 Å². The molecule has 2 N–H and O–H groups in total. The van der Waals surface area contributed by atoms with Crippen LogP contribution < -0.4 is 10.6 Å². The van der Waals surface area contributed by atoms with Crippen LogP contribution in [0.1, 0.15) is 18.5 Å². The molecule has 100 valence electrons. The molecule has 0 saturated carbocycles. The van der Waals surface area contributed by atoms with Crippen LogP contribution in [-0.2, 0) is 0 Å². The van der Waals surface area contributed by atoms with Gasteiger partial charge in [-0.25, -0.2) is 4.39 Å². The molecule has 19 heavy (non-hydrogen) atoms. The predicted molar refractivity (Wildman–Crippen MR) is 78.8 cm³/mol. The Morgan fingerprint density at radius 3 is 2.37 bits per heavy atom. The van der Waals surface area contributed by atoms with E-state index in [-0.39, 0.29) is 11.9 Å². The second-order valence-corrected chi connectivity index (χ2v) is 4.94. The third-order valence-corrected chi connectivity index (χ3v) is 3.19. The summed E-state index contributed by atoms with van der Waals surface area (Å²) in [6.45, 7) is 1.90. The number of nitrogens with zero attached hydrogens (tertiary/aromatic N) is 1. The molecule has 0 spiro atoms. The van der Waals surface area contributed by atoms with Crippen molar-refractivity contribution in [2.45, 2.75) is 13.0 Å². The highest BCUT2D eigenvalue weighted by Gasteiger charge is 2.12. The first-order chi connectivity index (χ1) is 9.00. The third kappa shape index (κ3) is 2.76. The summed E-state index contributed by atoms with van der Waals surface area (Å²) in [5.41, 5.74) is 9.28. The molecule has 2 aromatic rings. The molecule has 0 aliphatic rings. The third-order valence-electron chi connectivity index (χ3n) is 3.19. The number of benzene rings is 2. The topological polar surface area (TPSA) is 29.3 Å². The molecule has 0 aliphatic carbocycles. The molecule has 2 aromatic carbocycles. The highest BCUT2D eigenvalue weighted by Crippen LogP contribution is 2.32. The normalized spacial score (nSPS) is 12.3. The Labute approximate surface area is 113 Å². The minimum Gasteiger partial charge on any atom is -0.377 e. The largest absolute Gasteiger partial charge is 0.377 e. The van der Waals surface area contributed by atoms with Crippen molar-refractivity contribution >= 4 is 5.69 Å². The van der Waals surface area contributed by atoms with Crippen LogP contribution >= 0.6 is 0 Å². The zero-order chi connectivity index (χ0) is 14.0. The average molecular weight is 258 g/mol. The lowest BCUT2D eigenvalue weighted by Gasteiger charge is -2.18. The van der Waals surface area contributed by atoms with Gasteiger partial charge in [-0.3, -0.25) is 0 Å². The zero-order valence-electron chi connectivity index (χ0n) is 11.5. The molecule has 1 atom stereocenters. The molecule has 2 nitrogen and oxygen atoms in total. The first-order valence-corrected chi connectivity index (χ1v) is 6.32. The van der Waals surface area contributed by atoms with Crippen molar-refractivity contribution in [3.63, 3.8) is 0 Å². The van der Waals surface area contributed by atoms with Gasteiger partial charge in [0, 0.05) is 37.0 Å². The lowest BCUT2D eigenvalue weighted by atomic mass is 9.98. The molecule has 0 bridgehead atoms. The Morgan fingerprint density at radius 1 is 1.05 bits per heavy atom. The van der Waals surface area contributed by atoms with Gasteiger partial charge in [0.1, 0.15) is 5.82 Å². The van der Waals surface area contributed by atoms with Gasteiger partial charge in [-0.1, -0.05) is 24.3 Å². The molecule has 0 aliphatic heterocycles. The first kappa shape index (κ1) is 13.6. The van der Waals surface area contributed by atoms with E-state index in [9.17, 15) is 4.39 Å². The van der Waals surface area contributed by atoms with Gasteiger partial charge in [0.25, 0.3) is 0 Å². The van der Waals surface area contributed by atoms with Crippen molar-refractivity contribution < 1.29 is 4.39 Å². The Balaban J connectivity index is 2.61. The van der Waals surface area contributed by atoms with Gasteiger partial charge in [0.05, 0.1) is 0 Å². The highest BCUT2D eigenvalue weighted by molar-refractivity contribution is 5.79. The van der Waals surface area contributed by atoms with Crippen LogP contribution in [0.4, 0.5) is 10.1 Å². The standard InChI is InChI=1S/C16H19FN2/c1-11(18)12-8-9-15(17)14(10-12)13-6-4-5-7-16(13)19(2)3/h4-11H,18H2,1-3H3. The van der Waals surface area contributed by atoms with E-state index in [1.54, 1.807) is 6.07 Å². The molecule has 0 radical (unpaired) electrons. The van der Waals surface area contributed by atoms with Gasteiger partial charge >= 0.3 is 0 Å². The van der Waals surface area contributed by atoms with E-state index < -0.39 is 0 Å². The Morgan fingerprint density at radius 2 is 1.74 bits per heavy atom. The Bertz CT molecular complexity index is 577. The highest BCUT2D eigenvalue weighted by atomic mass is 19.1. The van der Waals surface area contributed by atoms with Crippen LogP contribution in [0.25, 0.3) is 11.1 Å². The fourth-order valence-corrected chi connectivity index (χ4v) is 2.12. The summed E-state index contributed by atoms with van der Waals surface area (Å²) < 4.78 is 14.1. The summed E-state index contributed by atoms with van der Waals surface area (Å²) in [5.74, 6) is -0.223. The lowest BCUT2D eigenvalue weighted by Crippen LogP contribution is -2.10. The minimum atomic E-state index is -0.223. The van der Waals surface area contributed by atoms with Crippen molar-refractivity contribution in [1.29, 1.82) is 0 Å². The van der Waals surface area contributed by atoms with E-state index in [1.807, 2.05) is 56.3 Å². The summed E-state index contributed by atoms with van der Waals surface area (Å²) in [5, 5.41) is 0. The maximum Gasteiger partial charge on any atom is 0.131 e. The summed E-state index contributed by atoms with van der Waals surface area (Å²) in [6.07, 6.45) is 0. The Hall–Kier alpha value is -1.87. The van der Waals surface area contributed by atoms with E-state index in [4.69, 9.17) is 5.73 Å². The second-order valence-electron chi connectivity index (χ2n) is 4.94. The van der Waals surface area contributed by atoms with E-state index in [1.165, 1.54) is 6.07 Å². The van der Waals surface area contributed by atoms with Crippen LogP contribution in [0.2, 0.25) is 0 Å². The zero-order valence-corrected chi connectivity index (χ0v) is 11.5. The Kier molecular flexibility index (Phi) is 3.86. The van der Waals surface area contributed by atoms with Gasteiger partial charge in [-0.05, 0) is 30.7 Å². The van der Waals surface area contributed by atoms with Crippen molar-refractivity contribution in [2.75, 3.05) is 19.0 Å². The maximum absolute atomic E-state index is 14.1. The number of rotatable bonds is 3. The van der Waals surface area contributed by atoms with Crippen LogP contribution in [0.5, 0.6) is 0 Å². The quantitative estimate of drug-likeness (QED) is 0.911. The van der Waals surface area contributed by atoms with E-state index in [2.05, 4.69) is 0 Å². The number of hydrogen-bond donors (Lipinski definition) is 1. The van der Waals surface area contributed by atoms with Crippen molar-refractivity contribution in [3.05, 3.63) is 53.8 Å². The monoisotopic (exact) mass is 258 g/mol. The average Bonchev–Trinajstić information content (AvgIpc) is 2.39. The van der Waals surface area contributed by atoms with Gasteiger partial charge < -0.3 is 10.6 Å². The summed E-state index contributed by atoms with van der Waals surface area (Å²) in [6, 6.07) is 12.7. The molecule has 0 saturated heterocycles. The number of anilines is 1. The smallest absolute Gasteiger partial charge is 0.131 e. The first-order valence-electron chi connectivity index (χ1n) is 6.32. The van der Waals surface area contributed by atoms with Gasteiger partial charge in [0.2, 0.25) is 0 Å².